The molecule has 1 unspecified atom stereocenters. The topological polar surface area (TPSA) is 216 Å². The van der Waals surface area contributed by atoms with Crippen molar-refractivity contribution in [2.45, 2.75) is 142 Å². The fraction of sp³-hybridized carbons (Fsp3) is 0.692. The fourth-order valence-electron chi connectivity index (χ4n) is 4.64. The van der Waals surface area contributed by atoms with Crippen LogP contribution in [-0.4, -0.2) is 81.6 Å². The zero-order valence-corrected chi connectivity index (χ0v) is 34.8. The van der Waals surface area contributed by atoms with Crippen LogP contribution in [0.1, 0.15) is 124 Å². The van der Waals surface area contributed by atoms with Gasteiger partial charge < -0.3 is 34.4 Å². The molecule has 0 aliphatic carbocycles. The molecule has 0 aromatic rings. The van der Waals surface area contributed by atoms with Crippen LogP contribution in [0.25, 0.3) is 0 Å². The Labute approximate surface area is 328 Å². The Kier molecular flexibility index (Phi) is 32.5. The first-order valence-electron chi connectivity index (χ1n) is 19.4. The van der Waals surface area contributed by atoms with Crippen molar-refractivity contribution in [3.05, 3.63) is 60.8 Å². The molecule has 14 nitrogen and oxygen atoms in total. The third-order valence-electron chi connectivity index (χ3n) is 7.75. The molecule has 318 valence electrons. The molecule has 0 saturated carbocycles. The number of phosphoric ester groups is 2. The number of aliphatic hydroxyl groups is 2. The van der Waals surface area contributed by atoms with Crippen LogP contribution < -0.4 is 0 Å². The Bertz CT molecular complexity index is 1240. The van der Waals surface area contributed by atoms with E-state index in [2.05, 4.69) is 47.2 Å². The quantitative estimate of drug-likeness (QED) is 0.0134. The number of unbranched alkanes of at least 4 members (excludes halogenated alkanes) is 7. The summed E-state index contributed by atoms with van der Waals surface area (Å²) in [5.41, 5.74) is 0. The van der Waals surface area contributed by atoms with E-state index in [4.69, 9.17) is 23.8 Å². The lowest BCUT2D eigenvalue weighted by Gasteiger charge is -2.20. The van der Waals surface area contributed by atoms with E-state index in [1.165, 1.54) is 19.3 Å². The second-order valence-electron chi connectivity index (χ2n) is 13.5. The van der Waals surface area contributed by atoms with Crippen LogP contribution in [0.3, 0.4) is 0 Å². The van der Waals surface area contributed by atoms with Crippen molar-refractivity contribution in [1.29, 1.82) is 0 Å². The van der Waals surface area contributed by atoms with Gasteiger partial charge in [0.2, 0.25) is 0 Å². The van der Waals surface area contributed by atoms with Gasteiger partial charge in [-0.2, -0.15) is 0 Å². The highest BCUT2D eigenvalue weighted by Crippen LogP contribution is 2.43. The molecule has 0 heterocycles. The molecule has 0 bridgehead atoms. The summed E-state index contributed by atoms with van der Waals surface area (Å²) in [5.74, 6) is -0.423. The normalized spacial score (nSPS) is 15.5. The predicted molar refractivity (Wildman–Crippen MR) is 213 cm³/mol. The zero-order valence-electron chi connectivity index (χ0n) is 33.0. The van der Waals surface area contributed by atoms with E-state index in [1.54, 1.807) is 6.08 Å². The summed E-state index contributed by atoms with van der Waals surface area (Å²) >= 11 is 0. The Morgan fingerprint density at radius 2 is 1.18 bits per heavy atom. The van der Waals surface area contributed by atoms with E-state index in [0.29, 0.717) is 31.6 Å². The molecule has 0 amide bonds. The van der Waals surface area contributed by atoms with Gasteiger partial charge >= 0.3 is 27.6 Å². The van der Waals surface area contributed by atoms with Crippen LogP contribution >= 0.6 is 15.6 Å². The van der Waals surface area contributed by atoms with E-state index in [1.807, 2.05) is 37.3 Å². The predicted octanol–water partition coefficient (Wildman–Crippen LogP) is 8.10. The number of carbonyl (C=O) groups excluding carboxylic acids is 2. The van der Waals surface area contributed by atoms with Gasteiger partial charge in [0.05, 0.1) is 25.9 Å². The number of rotatable bonds is 35. The van der Waals surface area contributed by atoms with E-state index < -0.39 is 72.3 Å². The van der Waals surface area contributed by atoms with E-state index in [0.717, 1.165) is 44.9 Å². The Morgan fingerprint density at radius 3 is 1.80 bits per heavy atom. The van der Waals surface area contributed by atoms with Crippen molar-refractivity contribution in [1.82, 2.24) is 0 Å². The maximum Gasteiger partial charge on any atom is 0.472 e. The monoisotopic (exact) mass is 822 g/mol. The van der Waals surface area contributed by atoms with Gasteiger partial charge in [-0.3, -0.25) is 23.2 Å². The van der Waals surface area contributed by atoms with Crippen LogP contribution in [0.15, 0.2) is 60.8 Å². The van der Waals surface area contributed by atoms with Crippen molar-refractivity contribution >= 4 is 27.6 Å². The highest BCUT2D eigenvalue weighted by Gasteiger charge is 2.28. The first-order chi connectivity index (χ1) is 26.1. The number of hydrogen-bond acceptors (Lipinski definition) is 11. The molecule has 0 aromatic carbocycles. The second kappa shape index (κ2) is 33.9. The first-order valence-corrected chi connectivity index (χ1v) is 22.5. The SMILES string of the molecule is CC[C@H](O)/C=C/C=C\C/C=C\C/C=C\C/C=C\CCCC(=O)OC[C@H](COP(=O)(O)OC[C@@H](O)COP(=O)(O)O)OC(=O)CCCCCCCCCC(C)C. The minimum Gasteiger partial charge on any atom is -0.462 e. The van der Waals surface area contributed by atoms with Crippen LogP contribution in [0, 0.1) is 5.92 Å². The van der Waals surface area contributed by atoms with Crippen LogP contribution in [-0.2, 0) is 41.8 Å². The molecule has 5 N–H and O–H groups in total. The maximum absolute atomic E-state index is 12.6. The number of allylic oxidation sites excluding steroid dienone is 9. The Balaban J connectivity index is 4.66. The molecule has 0 aliphatic rings. The van der Waals surface area contributed by atoms with Crippen molar-refractivity contribution in [3.63, 3.8) is 0 Å². The first kappa shape index (κ1) is 52.8. The Morgan fingerprint density at radius 1 is 0.636 bits per heavy atom. The molecule has 0 rings (SSSR count). The fourth-order valence-corrected chi connectivity index (χ4v) is 5.79. The molecule has 55 heavy (non-hydrogen) atoms. The number of phosphoric acid groups is 2. The van der Waals surface area contributed by atoms with Crippen molar-refractivity contribution in [3.8, 4) is 0 Å². The summed E-state index contributed by atoms with van der Waals surface area (Å²) in [4.78, 5) is 52.4. The van der Waals surface area contributed by atoms with E-state index in [-0.39, 0.29) is 12.8 Å². The Hall–Kier alpha value is -2.22. The minimum atomic E-state index is -4.87. The van der Waals surface area contributed by atoms with Gasteiger partial charge in [-0.25, -0.2) is 9.13 Å². The van der Waals surface area contributed by atoms with Crippen molar-refractivity contribution in [2.75, 3.05) is 26.4 Å². The second-order valence-corrected chi connectivity index (χ2v) is 16.2. The average Bonchev–Trinajstić information content (AvgIpc) is 3.12. The lowest BCUT2D eigenvalue weighted by atomic mass is 10.0. The van der Waals surface area contributed by atoms with Gasteiger partial charge in [0, 0.05) is 12.8 Å². The molecule has 4 atom stereocenters. The minimum absolute atomic E-state index is 0.101. The number of carbonyl (C=O) groups is 2. The summed E-state index contributed by atoms with van der Waals surface area (Å²) in [6, 6.07) is 0. The number of aliphatic hydroxyl groups excluding tert-OH is 2. The summed E-state index contributed by atoms with van der Waals surface area (Å²) in [5, 5.41) is 19.2. The van der Waals surface area contributed by atoms with Gasteiger partial charge in [0.25, 0.3) is 0 Å². The molecule has 0 saturated heterocycles. The van der Waals surface area contributed by atoms with Crippen molar-refractivity contribution < 1.29 is 66.7 Å². The smallest absolute Gasteiger partial charge is 0.462 e. The largest absolute Gasteiger partial charge is 0.472 e. The number of esters is 2. The molecular formula is C39H68O14P2. The zero-order chi connectivity index (χ0) is 41.2. The third-order valence-corrected chi connectivity index (χ3v) is 9.18. The number of ether oxygens (including phenoxy) is 2. The summed E-state index contributed by atoms with van der Waals surface area (Å²) in [6.45, 7) is 3.55. The molecule has 0 radical (unpaired) electrons. The van der Waals surface area contributed by atoms with Crippen LogP contribution in [0.2, 0.25) is 0 Å². The van der Waals surface area contributed by atoms with Gasteiger partial charge in [-0.05, 0) is 50.9 Å². The van der Waals surface area contributed by atoms with Gasteiger partial charge in [-0.1, -0.05) is 126 Å². The summed E-state index contributed by atoms with van der Waals surface area (Å²) in [7, 11) is -9.69. The third kappa shape index (κ3) is 38.4. The lowest BCUT2D eigenvalue weighted by molar-refractivity contribution is -0.161. The highest BCUT2D eigenvalue weighted by atomic mass is 31.2. The highest BCUT2D eigenvalue weighted by molar-refractivity contribution is 7.47. The van der Waals surface area contributed by atoms with Gasteiger partial charge in [0.1, 0.15) is 12.7 Å². The summed E-state index contributed by atoms with van der Waals surface area (Å²) < 4.78 is 47.5. The summed E-state index contributed by atoms with van der Waals surface area (Å²) in [6.07, 6.45) is 29.3. The molecule has 0 fully saturated rings. The molecular weight excluding hydrogens is 754 g/mol. The van der Waals surface area contributed by atoms with Gasteiger partial charge in [0.15, 0.2) is 6.10 Å². The van der Waals surface area contributed by atoms with E-state index in [9.17, 15) is 33.8 Å². The maximum atomic E-state index is 12.6. The molecule has 0 aliphatic heterocycles. The van der Waals surface area contributed by atoms with Gasteiger partial charge in [-0.15, -0.1) is 0 Å². The van der Waals surface area contributed by atoms with Crippen LogP contribution in [0.5, 0.6) is 0 Å². The molecule has 0 spiro atoms. The average molecular weight is 823 g/mol. The molecule has 16 heteroatoms. The molecule has 0 aromatic heterocycles. The lowest BCUT2D eigenvalue weighted by Crippen LogP contribution is -2.30. The van der Waals surface area contributed by atoms with E-state index >= 15 is 0 Å². The van der Waals surface area contributed by atoms with Crippen LogP contribution in [0.4, 0.5) is 0 Å². The number of hydrogen-bond donors (Lipinski definition) is 5. The van der Waals surface area contributed by atoms with Crippen molar-refractivity contribution in [2.24, 2.45) is 5.92 Å². The standard InChI is InChI=1S/C39H68O14P2/c1-4-35(40)27-23-19-15-11-9-7-5-6-8-10-12-16-20-24-28-38(42)49-32-37(33-52-55(47,48)51-31-36(41)30-50-54(44,45)46)53-39(43)29-25-21-17-13-14-18-22-26-34(2)3/h6-9,12,15-16,19,23,27,34-37,40-41H,4-5,10-11,13-14,17-18,20-22,24-26,28-33H2,1-3H3,(H,47,48)(H2,44,45,46)/b8-6-,9-7-,16-12-,19-15-,27-23+/t35-,36-,37+/m0/s1.